The van der Waals surface area contributed by atoms with Crippen molar-refractivity contribution in [2.75, 3.05) is 42.9 Å². The van der Waals surface area contributed by atoms with Crippen LogP contribution in [-0.4, -0.2) is 88.6 Å². The highest BCUT2D eigenvalue weighted by atomic mass is 32.2. The van der Waals surface area contributed by atoms with Crippen LogP contribution in [0.1, 0.15) is 111 Å². The second-order valence-corrected chi connectivity index (χ2v) is 21.0. The van der Waals surface area contributed by atoms with Crippen LogP contribution in [0.2, 0.25) is 0 Å². The fourth-order valence-corrected chi connectivity index (χ4v) is 11.8. The van der Waals surface area contributed by atoms with Gasteiger partial charge in [-0.15, -0.1) is 0 Å². The third-order valence-electron chi connectivity index (χ3n) is 14.8. The fraction of sp³-hybridized carbons (Fsp3) is 0.479. The first-order chi connectivity index (χ1) is 30.8. The number of nitrogens with zero attached hydrogens (tertiary/aromatic N) is 5. The first-order valence-corrected chi connectivity index (χ1v) is 24.3. The zero-order valence-corrected chi connectivity index (χ0v) is 37.0. The number of hydrogen-bond acceptors (Lipinski definition) is 12. The topological polar surface area (TPSA) is 196 Å². The highest BCUT2D eigenvalue weighted by molar-refractivity contribution is 7.90. The van der Waals surface area contributed by atoms with Gasteiger partial charge in [0, 0.05) is 68.2 Å². The van der Waals surface area contributed by atoms with E-state index in [4.69, 9.17) is 4.74 Å². The molecule has 5 fully saturated rings. The molecule has 5 heterocycles. The van der Waals surface area contributed by atoms with E-state index in [1.165, 1.54) is 38.3 Å². The summed E-state index contributed by atoms with van der Waals surface area (Å²) in [5.41, 5.74) is 3.68. The number of fused-ring (bicyclic) bond motifs is 1. The van der Waals surface area contributed by atoms with Gasteiger partial charge in [-0.3, -0.25) is 19.8 Å². The molecular formula is C48H56N8O7S. The van der Waals surface area contributed by atoms with E-state index in [0.717, 1.165) is 81.1 Å². The summed E-state index contributed by atoms with van der Waals surface area (Å²) >= 11 is 0. The lowest BCUT2D eigenvalue weighted by atomic mass is 9.70. The molecule has 3 saturated carbocycles. The molecule has 3 aromatic heterocycles. The maximum absolute atomic E-state index is 14.0. The number of ether oxygens (including phenoxy) is 1. The number of hydrogen-bond donors (Lipinski definition) is 4. The fourth-order valence-electron chi connectivity index (χ4n) is 10.9. The number of H-pyrrole nitrogens is 1. The average molecular weight is 889 g/mol. The quantitative estimate of drug-likeness (QED) is 0.0654. The smallest absolute Gasteiger partial charge is 0.312 e. The van der Waals surface area contributed by atoms with Gasteiger partial charge in [0.25, 0.3) is 15.9 Å². The van der Waals surface area contributed by atoms with E-state index in [2.05, 4.69) is 59.1 Å². The van der Waals surface area contributed by atoms with E-state index in [-0.39, 0.29) is 28.5 Å². The normalized spacial score (nSPS) is 24.7. The summed E-state index contributed by atoms with van der Waals surface area (Å²) in [6, 6.07) is 19.5. The largest absolute Gasteiger partial charge is 0.455 e. The molecule has 1 amide bonds. The molecular weight excluding hydrogens is 833 g/mol. The van der Waals surface area contributed by atoms with Crippen LogP contribution >= 0.6 is 0 Å². The number of nitrogens with one attached hydrogen (secondary N) is 3. The number of aromatic nitrogens is 3. The van der Waals surface area contributed by atoms with Crippen molar-refractivity contribution >= 4 is 44.2 Å². The number of likely N-dealkylation sites (tertiary alicyclic amines) is 1. The summed E-state index contributed by atoms with van der Waals surface area (Å²) in [6.45, 7) is 6.09. The number of aromatic amines is 1. The van der Waals surface area contributed by atoms with Gasteiger partial charge < -0.3 is 25.0 Å². The number of carbonyl (C=O) groups is 1. The lowest BCUT2D eigenvalue weighted by molar-refractivity contribution is -0.384. The Labute approximate surface area is 373 Å². The second-order valence-electron chi connectivity index (χ2n) is 19.3. The van der Waals surface area contributed by atoms with Crippen LogP contribution in [-0.2, 0) is 10.0 Å². The monoisotopic (exact) mass is 888 g/mol. The Kier molecular flexibility index (Phi) is 11.1. The molecule has 336 valence electrons. The number of anilines is 2. The highest BCUT2D eigenvalue weighted by Gasteiger charge is 2.50. The van der Waals surface area contributed by atoms with Crippen molar-refractivity contribution in [1.82, 2.24) is 24.6 Å². The Morgan fingerprint density at radius 2 is 1.72 bits per heavy atom. The Hall–Kier alpha value is -5.58. The van der Waals surface area contributed by atoms with Crippen molar-refractivity contribution in [3.05, 3.63) is 106 Å². The molecule has 15 nitrogen and oxygen atoms in total. The van der Waals surface area contributed by atoms with E-state index in [1.54, 1.807) is 42.4 Å². The van der Waals surface area contributed by atoms with Gasteiger partial charge in [0.2, 0.25) is 5.82 Å². The van der Waals surface area contributed by atoms with Crippen LogP contribution in [0.4, 0.5) is 17.2 Å². The standard InChI is InChI=1S/C48H56N8O7S/c1-47(58)16-13-31(14-17-47)26-50-45-42(56(59)60)25-36(28-52-45)64(61,62)53-46(57)40-12-11-34(24-43(40)63-35-23-33-15-20-49-44(33)51-27-35)54-21-18-48(19-22-54)29-55(30-48)41-8-4-7-39(41)38-6-3-2-5-37(38)32-9-10-32/h2-3,5-6,11-12,15,20,23-25,27-28,31-32,39,41,58H,4,7-10,13-14,16-19,21-22,26,29-30H2,1H3,(H,49,51)(H,50,52)(H,53,57)/t31-,39-,41+,47-/m1/s1. The Bertz CT molecular complexity index is 2670. The minimum atomic E-state index is -4.62. The van der Waals surface area contributed by atoms with Crippen LogP contribution in [0, 0.1) is 21.4 Å². The van der Waals surface area contributed by atoms with Crippen LogP contribution in [0.5, 0.6) is 11.5 Å². The summed E-state index contributed by atoms with van der Waals surface area (Å²) < 4.78 is 35.8. The number of benzene rings is 2. The molecule has 10 rings (SSSR count). The lowest BCUT2D eigenvalue weighted by Crippen LogP contribution is -2.63. The van der Waals surface area contributed by atoms with Gasteiger partial charge in [0.05, 0.1) is 28.5 Å². The molecule has 1 spiro atoms. The lowest BCUT2D eigenvalue weighted by Gasteiger charge is -2.57. The Morgan fingerprint density at radius 1 is 0.953 bits per heavy atom. The van der Waals surface area contributed by atoms with Crippen molar-refractivity contribution in [3.63, 3.8) is 0 Å². The molecule has 0 unspecified atom stereocenters. The Balaban J connectivity index is 0.833. The van der Waals surface area contributed by atoms with Gasteiger partial charge in [0.15, 0.2) is 0 Å². The molecule has 2 aliphatic heterocycles. The van der Waals surface area contributed by atoms with E-state index in [9.17, 15) is 28.4 Å². The van der Waals surface area contributed by atoms with E-state index in [0.29, 0.717) is 42.7 Å². The minimum absolute atomic E-state index is 0.0359. The van der Waals surface area contributed by atoms with Crippen molar-refractivity contribution in [2.24, 2.45) is 11.3 Å². The number of nitro groups is 1. The zero-order valence-electron chi connectivity index (χ0n) is 36.2. The molecule has 2 saturated heterocycles. The number of aliphatic hydroxyl groups is 1. The summed E-state index contributed by atoms with van der Waals surface area (Å²) in [4.78, 5) is 41.5. The molecule has 16 heteroatoms. The molecule has 0 radical (unpaired) electrons. The van der Waals surface area contributed by atoms with Gasteiger partial charge in [-0.1, -0.05) is 30.7 Å². The third-order valence-corrected chi connectivity index (χ3v) is 16.1. The zero-order chi connectivity index (χ0) is 44.2. The van der Waals surface area contributed by atoms with Gasteiger partial charge in [-0.2, -0.15) is 0 Å². The predicted molar refractivity (Wildman–Crippen MR) is 243 cm³/mol. The molecule has 0 bridgehead atoms. The van der Waals surface area contributed by atoms with E-state index < -0.39 is 37.0 Å². The molecule has 2 atom stereocenters. The van der Waals surface area contributed by atoms with E-state index in [1.807, 2.05) is 12.1 Å². The molecule has 5 aliphatic rings. The average Bonchev–Trinajstić information content (AvgIpc) is 3.82. The van der Waals surface area contributed by atoms with Crippen LogP contribution < -0.4 is 19.7 Å². The summed E-state index contributed by atoms with van der Waals surface area (Å²) in [5.74, 6) is 0.999. The SMILES string of the molecule is C[C@]1(O)CC[C@H](CNc2ncc(S(=O)(=O)NC(=O)c3ccc(N4CCC5(CC4)CN([C@H]4CCC[C@@H]4c4ccccc4C4CC4)C5)cc3Oc3cnc4[nH]ccc4c3)cc2[N+](=O)[O-])CC1. The molecule has 2 aromatic carbocycles. The summed E-state index contributed by atoms with van der Waals surface area (Å²) in [7, 11) is -4.62. The number of piperidine rings is 1. The minimum Gasteiger partial charge on any atom is -0.455 e. The highest BCUT2D eigenvalue weighted by Crippen LogP contribution is 2.51. The van der Waals surface area contributed by atoms with Crippen molar-refractivity contribution in [3.8, 4) is 11.5 Å². The summed E-state index contributed by atoms with van der Waals surface area (Å²) in [6.07, 6.45) is 15.6. The molecule has 4 N–H and O–H groups in total. The van der Waals surface area contributed by atoms with Crippen molar-refractivity contribution < 1.29 is 28.0 Å². The number of pyridine rings is 2. The number of amides is 1. The van der Waals surface area contributed by atoms with Crippen LogP contribution in [0.3, 0.4) is 0 Å². The second kappa shape index (κ2) is 16.8. The maximum atomic E-state index is 14.0. The molecule has 3 aliphatic carbocycles. The number of sulfonamides is 1. The van der Waals surface area contributed by atoms with Gasteiger partial charge in [-0.05, 0) is 130 Å². The van der Waals surface area contributed by atoms with Gasteiger partial charge >= 0.3 is 5.69 Å². The van der Waals surface area contributed by atoms with Gasteiger partial charge in [-0.25, -0.2) is 23.1 Å². The number of carbonyl (C=O) groups excluding carboxylic acids is 1. The predicted octanol–water partition coefficient (Wildman–Crippen LogP) is 8.25. The van der Waals surface area contributed by atoms with Gasteiger partial charge in [0.1, 0.15) is 22.0 Å². The summed E-state index contributed by atoms with van der Waals surface area (Å²) in [5, 5.41) is 26.2. The van der Waals surface area contributed by atoms with Crippen LogP contribution in [0.25, 0.3) is 11.0 Å². The Morgan fingerprint density at radius 3 is 2.47 bits per heavy atom. The van der Waals surface area contributed by atoms with Crippen molar-refractivity contribution in [2.45, 2.75) is 106 Å². The number of rotatable bonds is 13. The van der Waals surface area contributed by atoms with Crippen molar-refractivity contribution in [1.29, 1.82) is 0 Å². The first-order valence-electron chi connectivity index (χ1n) is 22.8. The maximum Gasteiger partial charge on any atom is 0.312 e. The molecule has 5 aromatic rings. The third kappa shape index (κ3) is 8.66. The van der Waals surface area contributed by atoms with Crippen LogP contribution in [0.15, 0.2) is 84.1 Å². The van der Waals surface area contributed by atoms with E-state index >= 15 is 0 Å². The first kappa shape index (κ1) is 42.4. The molecule has 64 heavy (non-hydrogen) atoms.